The lowest BCUT2D eigenvalue weighted by atomic mass is 9.96. The lowest BCUT2D eigenvalue weighted by Crippen LogP contribution is -2.36. The van der Waals surface area contributed by atoms with Crippen LogP contribution in [0.3, 0.4) is 0 Å². The third kappa shape index (κ3) is 3.58. The molecule has 21 heavy (non-hydrogen) atoms. The summed E-state index contributed by atoms with van der Waals surface area (Å²) < 4.78 is -3.28. The summed E-state index contributed by atoms with van der Waals surface area (Å²) in [6, 6.07) is 0. The predicted octanol–water partition coefficient (Wildman–Crippen LogP) is 7.59. The molecule has 0 aromatic heterocycles. The Morgan fingerprint density at radius 2 is 1.62 bits per heavy atom. The topological polar surface area (TPSA) is 0 Å². The maximum absolute atomic E-state index is 6.38. The van der Waals surface area contributed by atoms with Crippen LogP contribution in [0.2, 0.25) is 0 Å². The number of allylic oxidation sites excluding steroid dienone is 8. The van der Waals surface area contributed by atoms with Crippen LogP contribution in [0.4, 0.5) is 0 Å². The molecule has 0 spiro atoms. The summed E-state index contributed by atoms with van der Waals surface area (Å²) in [5.41, 5.74) is 1.73. The Labute approximate surface area is 159 Å². The Morgan fingerprint density at radius 3 is 2.29 bits per heavy atom. The largest absolute Gasteiger partial charge is 0.187 e. The van der Waals surface area contributed by atoms with E-state index in [1.54, 1.807) is 0 Å². The molecule has 2 aliphatic carbocycles. The van der Waals surface area contributed by atoms with Crippen LogP contribution in [-0.2, 0) is 0 Å². The second-order valence-electron chi connectivity index (χ2n) is 4.89. The van der Waals surface area contributed by atoms with Crippen molar-refractivity contribution in [2.75, 3.05) is 0 Å². The monoisotopic (exact) mass is 424 g/mol. The fraction of sp³-hybridized carbons (Fsp3) is 0.429. The van der Waals surface area contributed by atoms with E-state index in [0.717, 1.165) is 30.4 Å². The summed E-state index contributed by atoms with van der Waals surface area (Å²) in [5, 5.41) is 0.301. The molecule has 0 heterocycles. The van der Waals surface area contributed by atoms with Gasteiger partial charge in [0, 0.05) is 6.42 Å². The van der Waals surface area contributed by atoms with Crippen molar-refractivity contribution < 1.29 is 0 Å². The van der Waals surface area contributed by atoms with E-state index in [4.69, 9.17) is 81.2 Å². The highest BCUT2D eigenvalue weighted by Crippen LogP contribution is 2.57. The van der Waals surface area contributed by atoms with Crippen molar-refractivity contribution in [2.45, 2.75) is 34.3 Å². The standard InChI is InChI=1S/C14H11Cl7/c15-10-9(8-5-3-1-2-4-6-8)7-13(18,19)14(20,21)12(17)11(10)16/h1,3,5H,2,4,6-7H2. The smallest absolute Gasteiger partial charge is 0.0975 e. The molecule has 0 bridgehead atoms. The third-order valence-corrected chi connectivity index (χ3v) is 7.32. The number of halogens is 7. The molecule has 2 aliphatic rings. The van der Waals surface area contributed by atoms with Crippen molar-refractivity contribution in [3.8, 4) is 0 Å². The highest BCUT2D eigenvalue weighted by atomic mass is 35.5. The van der Waals surface area contributed by atoms with Crippen LogP contribution in [0.25, 0.3) is 0 Å². The fourth-order valence-corrected chi connectivity index (χ4v) is 4.03. The number of hydrogen-bond donors (Lipinski definition) is 0. The van der Waals surface area contributed by atoms with Gasteiger partial charge in [0.1, 0.15) is 0 Å². The van der Waals surface area contributed by atoms with Gasteiger partial charge in [-0.2, -0.15) is 0 Å². The minimum atomic E-state index is -1.74. The zero-order chi connectivity index (χ0) is 15.8. The summed E-state index contributed by atoms with van der Waals surface area (Å²) in [7, 11) is 0. The van der Waals surface area contributed by atoms with E-state index in [0.29, 0.717) is 0 Å². The number of rotatable bonds is 1. The van der Waals surface area contributed by atoms with E-state index < -0.39 is 8.67 Å². The van der Waals surface area contributed by atoms with Crippen LogP contribution in [0.1, 0.15) is 25.7 Å². The first kappa shape index (κ1) is 18.3. The first-order chi connectivity index (χ1) is 9.68. The fourth-order valence-electron chi connectivity index (χ4n) is 2.22. The van der Waals surface area contributed by atoms with Gasteiger partial charge in [0.25, 0.3) is 0 Å². The summed E-state index contributed by atoms with van der Waals surface area (Å²) in [5.74, 6) is 0. The molecular weight excluding hydrogens is 416 g/mol. The van der Waals surface area contributed by atoms with Gasteiger partial charge in [-0.05, 0) is 30.4 Å². The Kier molecular flexibility index (Phi) is 5.98. The molecule has 0 aliphatic heterocycles. The molecule has 0 aromatic rings. The van der Waals surface area contributed by atoms with E-state index >= 15 is 0 Å². The average molecular weight is 427 g/mol. The van der Waals surface area contributed by atoms with Crippen molar-refractivity contribution in [3.05, 3.63) is 44.5 Å². The molecule has 0 saturated carbocycles. The minimum absolute atomic E-state index is 0.0673. The van der Waals surface area contributed by atoms with E-state index in [9.17, 15) is 0 Å². The molecule has 116 valence electrons. The molecule has 0 radical (unpaired) electrons. The lowest BCUT2D eigenvalue weighted by Gasteiger charge is -2.32. The molecule has 0 saturated heterocycles. The Morgan fingerprint density at radius 1 is 0.952 bits per heavy atom. The zero-order valence-corrected chi connectivity index (χ0v) is 16.0. The van der Waals surface area contributed by atoms with Gasteiger partial charge in [0.2, 0.25) is 0 Å². The van der Waals surface area contributed by atoms with Gasteiger partial charge < -0.3 is 0 Å². The van der Waals surface area contributed by atoms with Gasteiger partial charge >= 0.3 is 0 Å². The van der Waals surface area contributed by atoms with Gasteiger partial charge in [-0.1, -0.05) is 99.4 Å². The summed E-state index contributed by atoms with van der Waals surface area (Å²) in [6.45, 7) is 0. The highest BCUT2D eigenvalue weighted by molar-refractivity contribution is 6.68. The first-order valence-electron chi connectivity index (χ1n) is 6.25. The summed E-state index contributed by atoms with van der Waals surface area (Å²) in [4.78, 5) is 0. The maximum Gasteiger partial charge on any atom is 0.187 e. The van der Waals surface area contributed by atoms with Crippen molar-refractivity contribution in [3.63, 3.8) is 0 Å². The SMILES string of the molecule is ClC1=C(C2=CC=CCCC2)CC(Cl)(Cl)C(Cl)(Cl)C(Cl)=C1Cl. The van der Waals surface area contributed by atoms with Gasteiger partial charge in [-0.25, -0.2) is 0 Å². The van der Waals surface area contributed by atoms with E-state index in [2.05, 4.69) is 6.08 Å². The predicted molar refractivity (Wildman–Crippen MR) is 96.2 cm³/mol. The van der Waals surface area contributed by atoms with Crippen molar-refractivity contribution >= 4 is 81.2 Å². The third-order valence-electron chi connectivity index (χ3n) is 3.42. The zero-order valence-electron chi connectivity index (χ0n) is 10.7. The van der Waals surface area contributed by atoms with Crippen molar-refractivity contribution in [1.29, 1.82) is 0 Å². The second kappa shape index (κ2) is 6.85. The molecule has 0 aromatic carbocycles. The molecule has 0 unspecified atom stereocenters. The van der Waals surface area contributed by atoms with Crippen LogP contribution in [0, 0.1) is 0 Å². The molecular formula is C14H11Cl7. The molecule has 0 N–H and O–H groups in total. The van der Waals surface area contributed by atoms with Crippen LogP contribution >= 0.6 is 81.2 Å². The molecule has 7 heteroatoms. The summed E-state index contributed by atoms with van der Waals surface area (Å²) >= 11 is 43.9. The molecule has 2 rings (SSSR count). The minimum Gasteiger partial charge on any atom is -0.0975 e. The van der Waals surface area contributed by atoms with Gasteiger partial charge in [-0.3, -0.25) is 0 Å². The Balaban J connectivity index is 2.57. The number of alkyl halides is 4. The maximum atomic E-state index is 6.38. The van der Waals surface area contributed by atoms with Crippen LogP contribution < -0.4 is 0 Å². The Hall–Kier alpha value is 0.990. The summed E-state index contributed by atoms with van der Waals surface area (Å²) in [6.07, 6.45) is 9.01. The van der Waals surface area contributed by atoms with Gasteiger partial charge in [0.15, 0.2) is 8.67 Å². The van der Waals surface area contributed by atoms with Crippen molar-refractivity contribution in [1.82, 2.24) is 0 Å². The van der Waals surface area contributed by atoms with Crippen molar-refractivity contribution in [2.24, 2.45) is 0 Å². The molecule has 0 nitrogen and oxygen atoms in total. The van der Waals surface area contributed by atoms with Crippen LogP contribution in [0.15, 0.2) is 44.5 Å². The highest BCUT2D eigenvalue weighted by Gasteiger charge is 2.53. The lowest BCUT2D eigenvalue weighted by molar-refractivity contribution is 0.725. The van der Waals surface area contributed by atoms with E-state index in [1.807, 2.05) is 12.2 Å². The molecule has 0 fully saturated rings. The molecule has 0 atom stereocenters. The van der Waals surface area contributed by atoms with Crippen LogP contribution in [0.5, 0.6) is 0 Å². The first-order valence-corrected chi connectivity index (χ1v) is 8.89. The van der Waals surface area contributed by atoms with Gasteiger partial charge in [0.05, 0.1) is 15.1 Å². The average Bonchev–Trinajstić information content (AvgIpc) is 2.72. The number of hydrogen-bond acceptors (Lipinski definition) is 0. The van der Waals surface area contributed by atoms with E-state index in [1.165, 1.54) is 0 Å². The second-order valence-corrected chi connectivity index (χ2v) is 8.83. The van der Waals surface area contributed by atoms with Gasteiger partial charge in [-0.15, -0.1) is 0 Å². The quantitative estimate of drug-likeness (QED) is 0.378. The Bertz CT molecular complexity index is 564. The molecule has 0 amide bonds. The van der Waals surface area contributed by atoms with Crippen LogP contribution in [-0.4, -0.2) is 8.67 Å². The van der Waals surface area contributed by atoms with E-state index in [-0.39, 0.29) is 21.5 Å². The normalized spacial score (nSPS) is 25.6.